The molecule has 0 bridgehead atoms. The van der Waals surface area contributed by atoms with Gasteiger partial charge in [0, 0.05) is 27.1 Å². The van der Waals surface area contributed by atoms with Crippen molar-refractivity contribution in [2.24, 2.45) is 0 Å². The van der Waals surface area contributed by atoms with E-state index in [2.05, 4.69) is 15.9 Å². The van der Waals surface area contributed by atoms with Crippen LogP contribution in [-0.4, -0.2) is 15.7 Å². The highest BCUT2D eigenvalue weighted by atomic mass is 79.9. The van der Waals surface area contributed by atoms with Gasteiger partial charge in [-0.25, -0.2) is 4.39 Å². The number of halogens is 2. The van der Waals surface area contributed by atoms with Gasteiger partial charge in [-0.05, 0) is 55.0 Å². The molecule has 21 heavy (non-hydrogen) atoms. The number of rotatable bonds is 6. The molecule has 0 saturated carbocycles. The Morgan fingerprint density at radius 2 is 1.67 bits per heavy atom. The number of Topliss-reactive ketones (excluding diaryl/α,β-unsaturated/α-hetero) is 1. The summed E-state index contributed by atoms with van der Waals surface area (Å²) in [6, 6.07) is 12.8. The van der Waals surface area contributed by atoms with Crippen molar-refractivity contribution in [3.63, 3.8) is 0 Å². The molecular weight excluding hydrogens is 355 g/mol. The Morgan fingerprint density at radius 3 is 2.29 bits per heavy atom. The van der Waals surface area contributed by atoms with Crippen LogP contribution in [0.25, 0.3) is 0 Å². The summed E-state index contributed by atoms with van der Waals surface area (Å²) in [4.78, 5) is 12.6. The smallest absolute Gasteiger partial charge is 0.162 e. The minimum absolute atomic E-state index is 0.0530. The Balaban J connectivity index is 1.83. The number of carbonyl (C=O) groups is 1. The summed E-state index contributed by atoms with van der Waals surface area (Å²) < 4.78 is 25.8. The second-order valence-electron chi connectivity index (χ2n) is 4.54. The van der Waals surface area contributed by atoms with Crippen molar-refractivity contribution in [1.82, 2.24) is 0 Å². The fourth-order valence-corrected chi connectivity index (χ4v) is 3.19. The molecule has 1 atom stereocenters. The third kappa shape index (κ3) is 4.86. The molecule has 0 N–H and O–H groups in total. The number of hydrogen-bond acceptors (Lipinski definition) is 2. The summed E-state index contributed by atoms with van der Waals surface area (Å²) in [6.07, 6.45) is 0.854. The lowest BCUT2D eigenvalue weighted by atomic mass is 10.1. The fourth-order valence-electron chi connectivity index (χ4n) is 1.85. The zero-order chi connectivity index (χ0) is 15.2. The van der Waals surface area contributed by atoms with Gasteiger partial charge in [-0.15, -0.1) is 0 Å². The molecule has 0 aliphatic rings. The zero-order valence-electron chi connectivity index (χ0n) is 11.2. The molecule has 2 aromatic carbocycles. The topological polar surface area (TPSA) is 34.1 Å². The molecule has 0 radical (unpaired) electrons. The van der Waals surface area contributed by atoms with Crippen LogP contribution in [0.3, 0.4) is 0 Å². The summed E-state index contributed by atoms with van der Waals surface area (Å²) in [5, 5.41) is 0. The predicted molar refractivity (Wildman–Crippen MR) is 85.4 cm³/mol. The van der Waals surface area contributed by atoms with Gasteiger partial charge in [-0.1, -0.05) is 15.9 Å². The number of hydrogen-bond donors (Lipinski definition) is 0. The van der Waals surface area contributed by atoms with Gasteiger partial charge in [-0.2, -0.15) is 0 Å². The minimum Gasteiger partial charge on any atom is -0.294 e. The Labute approximate surface area is 134 Å². The second-order valence-corrected chi connectivity index (χ2v) is 7.02. The van der Waals surface area contributed by atoms with Crippen LogP contribution in [0.5, 0.6) is 0 Å². The van der Waals surface area contributed by atoms with Crippen LogP contribution in [-0.2, 0) is 10.8 Å². The van der Waals surface area contributed by atoms with E-state index in [9.17, 15) is 13.4 Å². The summed E-state index contributed by atoms with van der Waals surface area (Å²) in [7, 11) is -1.10. The van der Waals surface area contributed by atoms with E-state index in [4.69, 9.17) is 0 Å². The first kappa shape index (κ1) is 16.0. The zero-order valence-corrected chi connectivity index (χ0v) is 13.6. The Kier molecular flexibility index (Phi) is 5.82. The SMILES string of the molecule is O=C(CCCS(=O)c1ccc(Br)cc1)c1ccc(F)cc1. The maximum absolute atomic E-state index is 12.8. The molecule has 0 heterocycles. The first-order chi connectivity index (χ1) is 10.1. The van der Waals surface area contributed by atoms with Gasteiger partial charge < -0.3 is 0 Å². The average Bonchev–Trinajstić information content (AvgIpc) is 2.48. The highest BCUT2D eigenvalue weighted by Crippen LogP contribution is 2.15. The Bertz CT molecular complexity index is 581. The van der Waals surface area contributed by atoms with Gasteiger partial charge in [0.15, 0.2) is 5.78 Å². The lowest BCUT2D eigenvalue weighted by molar-refractivity contribution is 0.0982. The van der Waals surface area contributed by atoms with Crippen molar-refractivity contribution in [2.75, 3.05) is 5.75 Å². The van der Waals surface area contributed by atoms with Crippen LogP contribution < -0.4 is 0 Å². The Hall–Kier alpha value is -1.33. The Morgan fingerprint density at radius 1 is 1.05 bits per heavy atom. The molecule has 0 aliphatic heterocycles. The van der Waals surface area contributed by atoms with Gasteiger partial charge in [0.25, 0.3) is 0 Å². The van der Waals surface area contributed by atoms with Crippen LogP contribution in [0.4, 0.5) is 4.39 Å². The quantitative estimate of drug-likeness (QED) is 0.709. The monoisotopic (exact) mass is 368 g/mol. The molecule has 0 aliphatic carbocycles. The molecule has 2 rings (SSSR count). The molecule has 1 unspecified atom stereocenters. The van der Waals surface area contributed by atoms with Crippen molar-refractivity contribution in [3.8, 4) is 0 Å². The van der Waals surface area contributed by atoms with Crippen molar-refractivity contribution >= 4 is 32.5 Å². The largest absolute Gasteiger partial charge is 0.294 e. The van der Waals surface area contributed by atoms with E-state index in [1.165, 1.54) is 24.3 Å². The van der Waals surface area contributed by atoms with Crippen molar-refractivity contribution < 1.29 is 13.4 Å². The summed E-state index contributed by atoms with van der Waals surface area (Å²) in [5.41, 5.74) is 0.492. The van der Waals surface area contributed by atoms with Crippen molar-refractivity contribution in [3.05, 3.63) is 64.4 Å². The van der Waals surface area contributed by atoms with Gasteiger partial charge in [0.05, 0.1) is 10.8 Å². The lowest BCUT2D eigenvalue weighted by Crippen LogP contribution is -2.04. The summed E-state index contributed by atoms with van der Waals surface area (Å²) in [6.45, 7) is 0. The van der Waals surface area contributed by atoms with E-state index < -0.39 is 10.8 Å². The lowest BCUT2D eigenvalue weighted by Gasteiger charge is -2.03. The maximum Gasteiger partial charge on any atom is 0.162 e. The standard InChI is InChI=1S/C16H14BrFO2S/c17-13-5-9-15(10-6-13)21(20)11-1-2-16(19)12-3-7-14(18)8-4-12/h3-10H,1-2,11H2. The van der Waals surface area contributed by atoms with E-state index in [-0.39, 0.29) is 11.6 Å². The van der Waals surface area contributed by atoms with Gasteiger partial charge in [0.2, 0.25) is 0 Å². The van der Waals surface area contributed by atoms with Gasteiger partial charge >= 0.3 is 0 Å². The minimum atomic E-state index is -1.10. The van der Waals surface area contributed by atoms with Crippen LogP contribution in [0.15, 0.2) is 57.9 Å². The first-order valence-electron chi connectivity index (χ1n) is 6.49. The molecule has 5 heteroatoms. The summed E-state index contributed by atoms with van der Waals surface area (Å²) in [5.74, 6) is 0.0277. The van der Waals surface area contributed by atoms with Crippen LogP contribution in [0.2, 0.25) is 0 Å². The highest BCUT2D eigenvalue weighted by molar-refractivity contribution is 9.10. The first-order valence-corrected chi connectivity index (χ1v) is 8.60. The number of ketones is 1. The van der Waals surface area contributed by atoms with E-state index in [0.29, 0.717) is 24.2 Å². The van der Waals surface area contributed by atoms with Crippen LogP contribution in [0, 0.1) is 5.82 Å². The third-order valence-corrected chi connectivity index (χ3v) is 4.96. The second kappa shape index (κ2) is 7.61. The van der Waals surface area contributed by atoms with E-state index in [1.54, 1.807) is 0 Å². The summed E-state index contributed by atoms with van der Waals surface area (Å²) >= 11 is 3.33. The van der Waals surface area contributed by atoms with E-state index in [1.807, 2.05) is 24.3 Å². The van der Waals surface area contributed by atoms with Crippen molar-refractivity contribution in [2.45, 2.75) is 17.7 Å². The number of benzene rings is 2. The van der Waals surface area contributed by atoms with Gasteiger partial charge in [0.1, 0.15) is 5.82 Å². The molecule has 0 fully saturated rings. The molecule has 0 spiro atoms. The van der Waals surface area contributed by atoms with E-state index in [0.717, 1.165) is 9.37 Å². The molecular formula is C16H14BrFO2S. The molecule has 0 saturated heterocycles. The average molecular weight is 369 g/mol. The predicted octanol–water partition coefficient (Wildman–Crippen LogP) is 4.36. The van der Waals surface area contributed by atoms with Gasteiger partial charge in [-0.3, -0.25) is 9.00 Å². The van der Waals surface area contributed by atoms with E-state index >= 15 is 0 Å². The van der Waals surface area contributed by atoms with Crippen molar-refractivity contribution in [1.29, 1.82) is 0 Å². The molecule has 0 amide bonds. The highest BCUT2D eigenvalue weighted by Gasteiger charge is 2.08. The van der Waals surface area contributed by atoms with Crippen LogP contribution >= 0.6 is 15.9 Å². The molecule has 110 valence electrons. The van der Waals surface area contributed by atoms with Crippen LogP contribution in [0.1, 0.15) is 23.2 Å². The molecule has 2 aromatic rings. The maximum atomic E-state index is 12.8. The fraction of sp³-hybridized carbons (Fsp3) is 0.188. The molecule has 0 aromatic heterocycles. The number of carbonyl (C=O) groups excluding carboxylic acids is 1. The third-order valence-electron chi connectivity index (χ3n) is 2.98. The molecule has 2 nitrogen and oxygen atoms in total. The normalized spacial score (nSPS) is 12.1.